The second-order valence-corrected chi connectivity index (χ2v) is 4.76. The molecule has 0 aliphatic carbocycles. The van der Waals surface area contributed by atoms with Crippen LogP contribution >= 0.6 is 17.0 Å². The number of benzene rings is 2. The van der Waals surface area contributed by atoms with Crippen molar-refractivity contribution in [3.05, 3.63) is 63.2 Å². The predicted octanol–water partition coefficient (Wildman–Crippen LogP) is 2.98. The van der Waals surface area contributed by atoms with Gasteiger partial charge in [-0.1, -0.05) is 24.3 Å². The van der Waals surface area contributed by atoms with Gasteiger partial charge in [0.15, 0.2) is 5.75 Å². The van der Waals surface area contributed by atoms with E-state index in [4.69, 9.17) is 0 Å². The molecule has 0 saturated heterocycles. The third kappa shape index (κ3) is 2.67. The van der Waals surface area contributed by atoms with Crippen LogP contribution < -0.4 is 0 Å². The van der Waals surface area contributed by atoms with E-state index < -0.39 is 22.1 Å². The summed E-state index contributed by atoms with van der Waals surface area (Å²) in [6, 6.07) is 10.2. The maximum Gasteiger partial charge on any atom is 0.315 e. The molecule has 1 heterocycles. The molecule has 0 atom stereocenters. The van der Waals surface area contributed by atoms with Gasteiger partial charge in [0.05, 0.1) is 10.6 Å². The fourth-order valence-electron chi connectivity index (χ4n) is 2.47. The highest BCUT2D eigenvalue weighted by atomic mass is 79.9. The number of rotatable bonds is 2. The molecule has 0 bridgehead atoms. The van der Waals surface area contributed by atoms with Crippen LogP contribution in [0.1, 0.15) is 16.7 Å². The highest BCUT2D eigenvalue weighted by Gasteiger charge is 2.23. The maximum absolute atomic E-state index is 10.9. The molecule has 22 heavy (non-hydrogen) atoms. The quantitative estimate of drug-likeness (QED) is 0.486. The third-order valence-electron chi connectivity index (χ3n) is 3.46. The first-order valence-electron chi connectivity index (χ1n) is 6.41. The number of phenols is 2. The SMILES string of the molecule is Br.O=[N+]([O-])c1cc(C2=NCCc3ccccc32)cc(O)c1O. The molecule has 0 radical (unpaired) electrons. The molecule has 3 rings (SSSR count). The van der Waals surface area contributed by atoms with Gasteiger partial charge < -0.3 is 10.2 Å². The average molecular weight is 365 g/mol. The smallest absolute Gasteiger partial charge is 0.315 e. The average Bonchev–Trinajstić information content (AvgIpc) is 2.49. The molecule has 0 aromatic heterocycles. The maximum atomic E-state index is 10.9. The second-order valence-electron chi connectivity index (χ2n) is 4.76. The summed E-state index contributed by atoms with van der Waals surface area (Å²) in [5, 5.41) is 30.2. The molecule has 2 aromatic carbocycles. The lowest BCUT2D eigenvalue weighted by atomic mass is 9.93. The van der Waals surface area contributed by atoms with E-state index in [-0.39, 0.29) is 17.0 Å². The van der Waals surface area contributed by atoms with E-state index in [0.29, 0.717) is 17.8 Å². The van der Waals surface area contributed by atoms with Crippen molar-refractivity contribution in [1.82, 2.24) is 0 Å². The Morgan fingerprint density at radius 1 is 1.18 bits per heavy atom. The summed E-state index contributed by atoms with van der Waals surface area (Å²) < 4.78 is 0. The molecule has 0 saturated carbocycles. The van der Waals surface area contributed by atoms with Gasteiger partial charge in [-0.15, -0.1) is 17.0 Å². The molecule has 1 aliphatic rings. The predicted molar refractivity (Wildman–Crippen MR) is 87.4 cm³/mol. The number of nitro benzene ring substituents is 1. The molecule has 2 N–H and O–H groups in total. The Hall–Kier alpha value is -2.41. The summed E-state index contributed by atoms with van der Waals surface area (Å²) >= 11 is 0. The van der Waals surface area contributed by atoms with Gasteiger partial charge in [0.2, 0.25) is 5.75 Å². The number of halogens is 1. The zero-order valence-electron chi connectivity index (χ0n) is 11.4. The van der Waals surface area contributed by atoms with E-state index >= 15 is 0 Å². The standard InChI is InChI=1S/C15H12N2O4.BrH/c18-13-8-10(7-12(15(13)19)17(20)21)14-11-4-2-1-3-9(11)5-6-16-14;/h1-4,7-8,18-19H,5-6H2;1H. The molecule has 7 heteroatoms. The molecule has 0 spiro atoms. The fraction of sp³-hybridized carbons (Fsp3) is 0.133. The molecular formula is C15H13BrN2O4. The molecule has 2 aromatic rings. The minimum Gasteiger partial charge on any atom is -0.504 e. The molecule has 6 nitrogen and oxygen atoms in total. The first-order chi connectivity index (χ1) is 10.1. The van der Waals surface area contributed by atoms with Gasteiger partial charge in [-0.05, 0) is 18.1 Å². The van der Waals surface area contributed by atoms with Crippen LogP contribution in [-0.2, 0) is 6.42 Å². The van der Waals surface area contributed by atoms with Crippen LogP contribution in [0.2, 0.25) is 0 Å². The lowest BCUT2D eigenvalue weighted by molar-refractivity contribution is -0.386. The monoisotopic (exact) mass is 364 g/mol. The number of aromatic hydroxyl groups is 2. The Kier molecular flexibility index (Phi) is 4.46. The minimum atomic E-state index is -0.728. The number of aliphatic imine (C=N–C) groups is 1. The number of phenolic OH excluding ortho intramolecular Hbond substituents is 2. The summed E-state index contributed by atoms with van der Waals surface area (Å²) in [4.78, 5) is 14.6. The summed E-state index contributed by atoms with van der Waals surface area (Å²) in [5.74, 6) is -1.25. The number of nitrogens with zero attached hydrogens (tertiary/aromatic N) is 2. The molecule has 0 amide bonds. The molecule has 1 aliphatic heterocycles. The molecular weight excluding hydrogens is 352 g/mol. The van der Waals surface area contributed by atoms with Crippen LogP contribution in [0.3, 0.4) is 0 Å². The van der Waals surface area contributed by atoms with Crippen molar-refractivity contribution >= 4 is 28.4 Å². The van der Waals surface area contributed by atoms with Crippen LogP contribution in [0.4, 0.5) is 5.69 Å². The highest BCUT2D eigenvalue weighted by Crippen LogP contribution is 2.37. The van der Waals surface area contributed by atoms with Crippen molar-refractivity contribution in [2.24, 2.45) is 4.99 Å². The van der Waals surface area contributed by atoms with Crippen LogP contribution in [-0.4, -0.2) is 27.4 Å². The number of hydrogen-bond acceptors (Lipinski definition) is 5. The number of hydrogen-bond donors (Lipinski definition) is 2. The van der Waals surface area contributed by atoms with Gasteiger partial charge in [-0.25, -0.2) is 0 Å². The Bertz CT molecular complexity index is 774. The molecule has 0 fully saturated rings. The van der Waals surface area contributed by atoms with Crippen molar-refractivity contribution in [3.8, 4) is 11.5 Å². The van der Waals surface area contributed by atoms with E-state index in [0.717, 1.165) is 17.5 Å². The second kappa shape index (κ2) is 6.15. The number of fused-ring (bicyclic) bond motifs is 1. The zero-order valence-corrected chi connectivity index (χ0v) is 13.1. The van der Waals surface area contributed by atoms with E-state index in [9.17, 15) is 20.3 Å². The Labute approximate surface area is 136 Å². The Morgan fingerprint density at radius 3 is 2.64 bits per heavy atom. The van der Waals surface area contributed by atoms with Crippen molar-refractivity contribution in [3.63, 3.8) is 0 Å². The first kappa shape index (κ1) is 16.0. The summed E-state index contributed by atoms with van der Waals surface area (Å²) in [6.07, 6.45) is 0.811. The fourth-order valence-corrected chi connectivity index (χ4v) is 2.47. The van der Waals surface area contributed by atoms with Gasteiger partial charge in [0.1, 0.15) is 0 Å². The van der Waals surface area contributed by atoms with Crippen molar-refractivity contribution in [2.45, 2.75) is 6.42 Å². The molecule has 0 unspecified atom stereocenters. The van der Waals surface area contributed by atoms with Crippen LogP contribution in [0.5, 0.6) is 11.5 Å². The Balaban J connectivity index is 0.00000176. The van der Waals surface area contributed by atoms with Crippen LogP contribution in [0, 0.1) is 10.1 Å². The van der Waals surface area contributed by atoms with Gasteiger partial charge in [-0.3, -0.25) is 15.1 Å². The topological polar surface area (TPSA) is 96.0 Å². The first-order valence-corrected chi connectivity index (χ1v) is 6.41. The van der Waals surface area contributed by atoms with E-state index in [1.165, 1.54) is 12.1 Å². The lowest BCUT2D eigenvalue weighted by Gasteiger charge is -2.17. The van der Waals surface area contributed by atoms with E-state index in [1.807, 2.05) is 24.3 Å². The lowest BCUT2D eigenvalue weighted by Crippen LogP contribution is -2.14. The molecule has 114 valence electrons. The summed E-state index contributed by atoms with van der Waals surface area (Å²) in [5.41, 5.74) is 2.48. The highest BCUT2D eigenvalue weighted by molar-refractivity contribution is 8.93. The summed E-state index contributed by atoms with van der Waals surface area (Å²) in [6.45, 7) is 0.585. The summed E-state index contributed by atoms with van der Waals surface area (Å²) in [7, 11) is 0. The van der Waals surface area contributed by atoms with Gasteiger partial charge >= 0.3 is 5.69 Å². The van der Waals surface area contributed by atoms with Gasteiger partial charge in [-0.2, -0.15) is 0 Å². The van der Waals surface area contributed by atoms with Crippen molar-refractivity contribution < 1.29 is 15.1 Å². The van der Waals surface area contributed by atoms with Crippen LogP contribution in [0.25, 0.3) is 0 Å². The van der Waals surface area contributed by atoms with Crippen molar-refractivity contribution in [1.29, 1.82) is 0 Å². The van der Waals surface area contributed by atoms with E-state index in [2.05, 4.69) is 4.99 Å². The van der Waals surface area contributed by atoms with Crippen LogP contribution in [0.15, 0.2) is 41.4 Å². The largest absolute Gasteiger partial charge is 0.504 e. The minimum absolute atomic E-state index is 0. The third-order valence-corrected chi connectivity index (χ3v) is 3.46. The Morgan fingerprint density at radius 2 is 1.91 bits per heavy atom. The zero-order chi connectivity index (χ0) is 15.0. The number of nitro groups is 1. The van der Waals surface area contributed by atoms with Gasteiger partial charge in [0, 0.05) is 23.7 Å². The van der Waals surface area contributed by atoms with Crippen molar-refractivity contribution in [2.75, 3.05) is 6.54 Å². The normalized spacial score (nSPS) is 12.8. The van der Waals surface area contributed by atoms with Gasteiger partial charge in [0.25, 0.3) is 0 Å². The van der Waals surface area contributed by atoms with E-state index in [1.54, 1.807) is 0 Å².